The number of amides is 2. The first-order valence-electron chi connectivity index (χ1n) is 7.13. The molecule has 24 heavy (non-hydrogen) atoms. The standard InChI is InChI=1S/C16H17F3N2O3/c1-15(23,9-13-3-2-8-24-13)10-20-14(22)21-12-6-4-11(5-7-12)16(17,18)19/h2-8,23H,9-10H2,1H3,(H2,20,21,22). The van der Waals surface area contributed by atoms with Crippen molar-refractivity contribution in [3.8, 4) is 0 Å². The smallest absolute Gasteiger partial charge is 0.416 e. The molecule has 0 aliphatic carbocycles. The Labute approximate surface area is 136 Å². The first kappa shape index (κ1) is 17.9. The number of alkyl halides is 3. The molecule has 0 aliphatic rings. The monoisotopic (exact) mass is 342 g/mol. The number of halogens is 3. The molecule has 2 rings (SSSR count). The fourth-order valence-corrected chi connectivity index (χ4v) is 2.04. The Balaban J connectivity index is 1.84. The number of carbonyl (C=O) groups is 1. The molecule has 2 aromatic rings. The number of hydrogen-bond acceptors (Lipinski definition) is 3. The predicted molar refractivity (Wildman–Crippen MR) is 81.5 cm³/mol. The topological polar surface area (TPSA) is 74.5 Å². The fourth-order valence-electron chi connectivity index (χ4n) is 2.04. The number of rotatable bonds is 5. The van der Waals surface area contributed by atoms with Crippen LogP contribution in [0.3, 0.4) is 0 Å². The van der Waals surface area contributed by atoms with Gasteiger partial charge in [-0.05, 0) is 43.3 Å². The minimum Gasteiger partial charge on any atom is -0.469 e. The highest BCUT2D eigenvalue weighted by Crippen LogP contribution is 2.29. The molecule has 0 saturated heterocycles. The van der Waals surface area contributed by atoms with Crippen molar-refractivity contribution in [2.24, 2.45) is 0 Å². The summed E-state index contributed by atoms with van der Waals surface area (Å²) < 4.78 is 42.5. The van der Waals surface area contributed by atoms with E-state index >= 15 is 0 Å². The van der Waals surface area contributed by atoms with Gasteiger partial charge in [0.2, 0.25) is 0 Å². The van der Waals surface area contributed by atoms with Crippen molar-refractivity contribution in [1.29, 1.82) is 0 Å². The SMILES string of the molecule is CC(O)(CNC(=O)Nc1ccc(C(F)(F)F)cc1)Cc1ccco1. The number of aliphatic hydroxyl groups is 1. The highest BCUT2D eigenvalue weighted by molar-refractivity contribution is 5.89. The van der Waals surface area contributed by atoms with Gasteiger partial charge in [0, 0.05) is 18.7 Å². The minimum absolute atomic E-state index is 0.0554. The number of carbonyl (C=O) groups excluding carboxylic acids is 1. The minimum atomic E-state index is -4.43. The third kappa shape index (κ3) is 5.31. The van der Waals surface area contributed by atoms with Crippen LogP contribution in [0, 0.1) is 0 Å². The summed E-state index contributed by atoms with van der Waals surface area (Å²) in [6.07, 6.45) is -2.73. The summed E-state index contributed by atoms with van der Waals surface area (Å²) in [4.78, 5) is 11.8. The molecular weight excluding hydrogens is 325 g/mol. The molecule has 0 saturated carbocycles. The second-order valence-corrected chi connectivity index (χ2v) is 5.64. The lowest BCUT2D eigenvalue weighted by molar-refractivity contribution is -0.137. The summed E-state index contributed by atoms with van der Waals surface area (Å²) >= 11 is 0. The number of nitrogens with one attached hydrogen (secondary N) is 2. The number of urea groups is 1. The maximum atomic E-state index is 12.5. The molecule has 0 aliphatic heterocycles. The van der Waals surface area contributed by atoms with Crippen molar-refractivity contribution < 1.29 is 27.5 Å². The van der Waals surface area contributed by atoms with Crippen LogP contribution >= 0.6 is 0 Å². The maximum absolute atomic E-state index is 12.5. The lowest BCUT2D eigenvalue weighted by Crippen LogP contribution is -2.43. The van der Waals surface area contributed by atoms with Gasteiger partial charge >= 0.3 is 12.2 Å². The molecule has 1 aromatic carbocycles. The molecule has 3 N–H and O–H groups in total. The number of benzene rings is 1. The lowest BCUT2D eigenvalue weighted by atomic mass is 10.0. The van der Waals surface area contributed by atoms with Crippen LogP contribution in [0.4, 0.5) is 23.7 Å². The Morgan fingerprint density at radius 3 is 2.42 bits per heavy atom. The number of anilines is 1. The van der Waals surface area contributed by atoms with Gasteiger partial charge in [-0.1, -0.05) is 0 Å². The molecule has 0 spiro atoms. The molecule has 130 valence electrons. The van der Waals surface area contributed by atoms with Gasteiger partial charge in [0.1, 0.15) is 5.76 Å². The van der Waals surface area contributed by atoms with E-state index in [4.69, 9.17) is 4.42 Å². The second-order valence-electron chi connectivity index (χ2n) is 5.64. The van der Waals surface area contributed by atoms with Crippen LogP contribution in [0.1, 0.15) is 18.2 Å². The van der Waals surface area contributed by atoms with Crippen molar-refractivity contribution in [3.63, 3.8) is 0 Å². The molecule has 1 heterocycles. The lowest BCUT2D eigenvalue weighted by Gasteiger charge is -2.22. The van der Waals surface area contributed by atoms with E-state index in [1.165, 1.54) is 13.2 Å². The van der Waals surface area contributed by atoms with Crippen LogP contribution in [-0.4, -0.2) is 23.3 Å². The molecule has 5 nitrogen and oxygen atoms in total. The maximum Gasteiger partial charge on any atom is 0.416 e. The molecule has 0 bridgehead atoms. The quantitative estimate of drug-likeness (QED) is 0.779. The molecule has 0 fully saturated rings. The van der Waals surface area contributed by atoms with Crippen molar-refractivity contribution in [2.75, 3.05) is 11.9 Å². The van der Waals surface area contributed by atoms with Crippen molar-refractivity contribution in [3.05, 3.63) is 54.0 Å². The first-order chi connectivity index (χ1) is 11.2. The fraction of sp³-hybridized carbons (Fsp3) is 0.312. The molecule has 1 atom stereocenters. The predicted octanol–water partition coefficient (Wildman–Crippen LogP) is 3.41. The Hall–Kier alpha value is -2.48. The summed E-state index contributed by atoms with van der Waals surface area (Å²) in [6.45, 7) is 1.48. The van der Waals surface area contributed by atoms with Crippen LogP contribution in [0.2, 0.25) is 0 Å². The number of hydrogen-bond donors (Lipinski definition) is 3. The molecule has 1 unspecified atom stereocenters. The summed E-state index contributed by atoms with van der Waals surface area (Å²) in [5, 5.41) is 15.1. The zero-order valence-corrected chi connectivity index (χ0v) is 12.9. The van der Waals surface area contributed by atoms with Gasteiger partial charge in [-0.15, -0.1) is 0 Å². The van der Waals surface area contributed by atoms with Crippen LogP contribution < -0.4 is 10.6 Å². The van der Waals surface area contributed by atoms with E-state index in [0.717, 1.165) is 24.3 Å². The van der Waals surface area contributed by atoms with Gasteiger partial charge in [-0.25, -0.2) is 4.79 Å². The van der Waals surface area contributed by atoms with E-state index in [0.29, 0.717) is 5.76 Å². The Morgan fingerprint density at radius 2 is 1.88 bits per heavy atom. The van der Waals surface area contributed by atoms with Gasteiger partial charge in [-0.3, -0.25) is 0 Å². The van der Waals surface area contributed by atoms with E-state index in [9.17, 15) is 23.1 Å². The van der Waals surface area contributed by atoms with E-state index in [1.54, 1.807) is 12.1 Å². The molecule has 2 amide bonds. The van der Waals surface area contributed by atoms with Crippen molar-refractivity contribution in [2.45, 2.75) is 25.1 Å². The number of furan rings is 1. The third-order valence-electron chi connectivity index (χ3n) is 3.24. The molecule has 8 heteroatoms. The van der Waals surface area contributed by atoms with Crippen molar-refractivity contribution >= 4 is 11.7 Å². The van der Waals surface area contributed by atoms with E-state index in [-0.39, 0.29) is 18.7 Å². The van der Waals surface area contributed by atoms with Crippen molar-refractivity contribution in [1.82, 2.24) is 5.32 Å². The normalized spacial score (nSPS) is 14.0. The summed E-state index contributed by atoms with van der Waals surface area (Å²) in [7, 11) is 0. The summed E-state index contributed by atoms with van der Waals surface area (Å²) in [5.41, 5.74) is -1.81. The van der Waals surface area contributed by atoms with E-state index in [1.807, 2.05) is 0 Å². The Kier molecular flexibility index (Phi) is 5.18. The highest BCUT2D eigenvalue weighted by Gasteiger charge is 2.30. The Morgan fingerprint density at radius 1 is 1.21 bits per heavy atom. The second kappa shape index (κ2) is 6.96. The summed E-state index contributed by atoms with van der Waals surface area (Å²) in [5.74, 6) is 0.574. The zero-order valence-electron chi connectivity index (χ0n) is 12.9. The van der Waals surface area contributed by atoms with Gasteiger partial charge in [-0.2, -0.15) is 13.2 Å². The highest BCUT2D eigenvalue weighted by atomic mass is 19.4. The van der Waals surface area contributed by atoms with Gasteiger partial charge in [0.15, 0.2) is 0 Å². The largest absolute Gasteiger partial charge is 0.469 e. The Bertz CT molecular complexity index is 665. The van der Waals surface area contributed by atoms with Gasteiger partial charge in [0.25, 0.3) is 0 Å². The third-order valence-corrected chi connectivity index (χ3v) is 3.24. The van der Waals surface area contributed by atoms with Gasteiger partial charge < -0.3 is 20.2 Å². The summed E-state index contributed by atoms with van der Waals surface area (Å²) in [6, 6.07) is 6.83. The average Bonchev–Trinajstić information content (AvgIpc) is 2.97. The molecule has 0 radical (unpaired) electrons. The van der Waals surface area contributed by atoms with Crippen LogP contribution in [-0.2, 0) is 12.6 Å². The average molecular weight is 342 g/mol. The van der Waals surface area contributed by atoms with E-state index < -0.39 is 23.4 Å². The molecular formula is C16H17F3N2O3. The van der Waals surface area contributed by atoms with Crippen LogP contribution in [0.15, 0.2) is 47.1 Å². The van der Waals surface area contributed by atoms with E-state index in [2.05, 4.69) is 10.6 Å². The van der Waals surface area contributed by atoms with Crippen LogP contribution in [0.5, 0.6) is 0 Å². The van der Waals surface area contributed by atoms with Gasteiger partial charge in [0.05, 0.1) is 17.4 Å². The first-order valence-corrected chi connectivity index (χ1v) is 7.13. The van der Waals surface area contributed by atoms with Crippen LogP contribution in [0.25, 0.3) is 0 Å². The zero-order chi connectivity index (χ0) is 17.8. The molecule has 1 aromatic heterocycles.